The molecule has 4 heterocycles. The number of hydrogen-bond acceptors (Lipinski definition) is 6. The van der Waals surface area contributed by atoms with Crippen molar-refractivity contribution >= 4 is 49.5 Å². The number of anilines is 1. The normalized spacial score (nSPS) is 20.1. The highest BCUT2D eigenvalue weighted by molar-refractivity contribution is 7.85. The fraction of sp³-hybridized carbons (Fsp3) is 0.273. The minimum Gasteiger partial charge on any atom is -0.352 e. The van der Waals surface area contributed by atoms with E-state index in [0.717, 1.165) is 45.5 Å². The van der Waals surface area contributed by atoms with Gasteiger partial charge in [0.15, 0.2) is 5.82 Å². The molecule has 2 unspecified atom stereocenters. The molecule has 5 rings (SSSR count). The van der Waals surface area contributed by atoms with Gasteiger partial charge in [0.2, 0.25) is 0 Å². The average Bonchev–Trinajstić information content (AvgIpc) is 3.39. The van der Waals surface area contributed by atoms with E-state index in [2.05, 4.69) is 52.9 Å². The maximum atomic E-state index is 12.2. The molecule has 7 heteroatoms. The molecule has 0 spiro atoms. The smallest absolute Gasteiger partial charge is 0.173 e. The van der Waals surface area contributed by atoms with Crippen molar-refractivity contribution < 1.29 is 4.21 Å². The van der Waals surface area contributed by atoms with Crippen LogP contribution in [0.15, 0.2) is 53.2 Å². The Balaban J connectivity index is 1.74. The summed E-state index contributed by atoms with van der Waals surface area (Å²) in [7, 11) is -0.753. The van der Waals surface area contributed by atoms with Crippen molar-refractivity contribution in [2.75, 3.05) is 23.0 Å². The summed E-state index contributed by atoms with van der Waals surface area (Å²) in [5, 5.41) is 5.36. The van der Waals surface area contributed by atoms with Gasteiger partial charge in [-0.15, -0.1) is 22.7 Å². The highest BCUT2D eigenvalue weighted by Gasteiger charge is 2.26. The maximum absolute atomic E-state index is 12.2. The number of rotatable bonds is 3. The van der Waals surface area contributed by atoms with E-state index < -0.39 is 10.8 Å². The molecule has 1 fully saturated rings. The van der Waals surface area contributed by atoms with Crippen LogP contribution in [0.3, 0.4) is 0 Å². The summed E-state index contributed by atoms with van der Waals surface area (Å²) < 4.78 is 12.2. The first kappa shape index (κ1) is 18.9. The second kappa shape index (κ2) is 7.97. The number of nitrogens with zero attached hydrogens (tertiary/aromatic N) is 3. The van der Waals surface area contributed by atoms with Crippen LogP contribution in [-0.2, 0) is 10.8 Å². The van der Waals surface area contributed by atoms with Crippen LogP contribution in [0.4, 0.5) is 5.82 Å². The van der Waals surface area contributed by atoms with Crippen molar-refractivity contribution in [3.63, 3.8) is 0 Å². The molecule has 0 radical (unpaired) electrons. The third kappa shape index (κ3) is 3.63. The van der Waals surface area contributed by atoms with Gasteiger partial charge in [-0.3, -0.25) is 4.21 Å². The van der Waals surface area contributed by atoms with Gasteiger partial charge in [-0.05, 0) is 30.4 Å². The zero-order chi connectivity index (χ0) is 19.8. The van der Waals surface area contributed by atoms with Crippen LogP contribution < -0.4 is 4.90 Å². The maximum Gasteiger partial charge on any atom is 0.173 e. The Bertz CT molecular complexity index is 1150. The van der Waals surface area contributed by atoms with Crippen molar-refractivity contribution in [3.05, 3.63) is 53.2 Å². The van der Waals surface area contributed by atoms with Crippen LogP contribution in [0.1, 0.15) is 13.3 Å². The second-order valence-corrected chi connectivity index (χ2v) is 10.7. The topological polar surface area (TPSA) is 46.1 Å². The van der Waals surface area contributed by atoms with E-state index >= 15 is 0 Å². The number of hydrogen-bond donors (Lipinski definition) is 0. The van der Waals surface area contributed by atoms with Gasteiger partial charge in [0, 0.05) is 45.8 Å². The van der Waals surface area contributed by atoms with Gasteiger partial charge < -0.3 is 4.90 Å². The molecule has 0 saturated carbocycles. The Morgan fingerprint density at radius 1 is 1.07 bits per heavy atom. The Kier molecular flexibility index (Phi) is 5.20. The molecule has 148 valence electrons. The minimum absolute atomic E-state index is 0.291. The zero-order valence-corrected chi connectivity index (χ0v) is 18.5. The summed E-state index contributed by atoms with van der Waals surface area (Å²) in [5.41, 5.74) is 2.36. The second-order valence-electron chi connectivity index (χ2n) is 7.22. The Labute approximate surface area is 180 Å². The average molecular weight is 440 g/mol. The molecule has 4 aromatic rings. The minimum atomic E-state index is -0.753. The van der Waals surface area contributed by atoms with E-state index in [-0.39, 0.29) is 0 Å². The first-order valence-electron chi connectivity index (χ1n) is 9.71. The standard InChI is InChI=1S/C22H21N3OS3/c1-15-9-12-29(26)13-10-25(15)21-19-17(16-6-3-2-4-7-16)14-28-22(19)24-20(23-21)18-8-5-11-27-18/h2-8,11,14-15H,9-10,12-13H2,1H3. The van der Waals surface area contributed by atoms with Crippen molar-refractivity contribution in [1.82, 2.24) is 9.97 Å². The molecule has 0 bridgehead atoms. The van der Waals surface area contributed by atoms with Crippen LogP contribution in [0.25, 0.3) is 32.0 Å². The van der Waals surface area contributed by atoms with E-state index in [1.54, 1.807) is 22.7 Å². The van der Waals surface area contributed by atoms with E-state index in [0.29, 0.717) is 11.8 Å². The molecule has 0 aliphatic carbocycles. The number of benzene rings is 1. The van der Waals surface area contributed by atoms with Gasteiger partial charge in [0.05, 0.1) is 10.3 Å². The van der Waals surface area contributed by atoms with Crippen LogP contribution in [0.5, 0.6) is 0 Å². The molecule has 1 aliphatic heterocycles. The molecule has 0 N–H and O–H groups in total. The van der Waals surface area contributed by atoms with Gasteiger partial charge in [-0.25, -0.2) is 9.97 Å². The predicted molar refractivity (Wildman–Crippen MR) is 125 cm³/mol. The molecule has 1 saturated heterocycles. The molecule has 1 aliphatic rings. The summed E-state index contributed by atoms with van der Waals surface area (Å²) in [4.78, 5) is 14.4. The zero-order valence-electron chi connectivity index (χ0n) is 16.1. The lowest BCUT2D eigenvalue weighted by molar-refractivity contribution is 0.639. The molecule has 3 aromatic heterocycles. The number of aromatic nitrogens is 2. The summed E-state index contributed by atoms with van der Waals surface area (Å²) in [5.74, 6) is 3.21. The van der Waals surface area contributed by atoms with Crippen molar-refractivity contribution in [1.29, 1.82) is 0 Å². The van der Waals surface area contributed by atoms with E-state index in [4.69, 9.17) is 9.97 Å². The van der Waals surface area contributed by atoms with Gasteiger partial charge in [0.1, 0.15) is 10.6 Å². The molecule has 4 nitrogen and oxygen atoms in total. The highest BCUT2D eigenvalue weighted by atomic mass is 32.2. The van der Waals surface area contributed by atoms with Crippen LogP contribution >= 0.6 is 22.7 Å². The fourth-order valence-corrected chi connectivity index (χ4v) is 6.58. The summed E-state index contributed by atoms with van der Waals surface area (Å²) in [6.07, 6.45) is 0.914. The quantitative estimate of drug-likeness (QED) is 0.427. The first-order chi connectivity index (χ1) is 14.2. The van der Waals surface area contributed by atoms with Gasteiger partial charge >= 0.3 is 0 Å². The third-order valence-corrected chi connectivity index (χ3v) is 8.44. The lowest BCUT2D eigenvalue weighted by Gasteiger charge is -2.29. The third-order valence-electron chi connectivity index (χ3n) is 5.37. The Morgan fingerprint density at radius 3 is 2.72 bits per heavy atom. The van der Waals surface area contributed by atoms with Crippen molar-refractivity contribution in [3.8, 4) is 21.8 Å². The lowest BCUT2D eigenvalue weighted by atomic mass is 10.1. The molecule has 0 amide bonds. The Morgan fingerprint density at radius 2 is 1.93 bits per heavy atom. The van der Waals surface area contributed by atoms with Crippen LogP contribution in [0.2, 0.25) is 0 Å². The van der Waals surface area contributed by atoms with E-state index in [1.807, 2.05) is 12.1 Å². The van der Waals surface area contributed by atoms with Crippen molar-refractivity contribution in [2.24, 2.45) is 0 Å². The summed E-state index contributed by atoms with van der Waals surface area (Å²) in [6, 6.07) is 14.8. The van der Waals surface area contributed by atoms with E-state index in [1.165, 1.54) is 11.1 Å². The summed E-state index contributed by atoms with van der Waals surface area (Å²) >= 11 is 3.33. The Hall–Kier alpha value is -2.09. The van der Waals surface area contributed by atoms with Gasteiger partial charge in [0.25, 0.3) is 0 Å². The van der Waals surface area contributed by atoms with Gasteiger partial charge in [-0.2, -0.15) is 0 Å². The van der Waals surface area contributed by atoms with Crippen LogP contribution in [-0.4, -0.2) is 38.3 Å². The molecule has 2 atom stereocenters. The lowest BCUT2D eigenvalue weighted by Crippen LogP contribution is -2.34. The van der Waals surface area contributed by atoms with Crippen molar-refractivity contribution in [2.45, 2.75) is 19.4 Å². The monoisotopic (exact) mass is 439 g/mol. The fourth-order valence-electron chi connectivity index (χ4n) is 3.77. The highest BCUT2D eigenvalue weighted by Crippen LogP contribution is 2.40. The molecule has 1 aromatic carbocycles. The van der Waals surface area contributed by atoms with Crippen LogP contribution in [0, 0.1) is 0 Å². The number of thiophene rings is 2. The molecular formula is C22H21N3OS3. The summed E-state index contributed by atoms with van der Waals surface area (Å²) in [6.45, 7) is 2.98. The largest absolute Gasteiger partial charge is 0.352 e. The predicted octanol–water partition coefficient (Wildman–Crippen LogP) is 5.43. The number of fused-ring (bicyclic) bond motifs is 1. The first-order valence-corrected chi connectivity index (χ1v) is 13.0. The van der Waals surface area contributed by atoms with Gasteiger partial charge in [-0.1, -0.05) is 36.4 Å². The SMILES string of the molecule is CC1CCS(=O)CCN1c1nc(-c2cccs2)nc2scc(-c3ccccc3)c12. The molecular weight excluding hydrogens is 418 g/mol. The van der Waals surface area contributed by atoms with E-state index in [9.17, 15) is 4.21 Å². The molecule has 29 heavy (non-hydrogen) atoms.